The highest BCUT2D eigenvalue weighted by Crippen LogP contribution is 2.32. The van der Waals surface area contributed by atoms with Crippen molar-refractivity contribution in [2.45, 2.75) is 31.2 Å². The minimum Gasteiger partial charge on any atom is -0.481 e. The van der Waals surface area contributed by atoms with Crippen molar-refractivity contribution in [3.63, 3.8) is 0 Å². The first-order chi connectivity index (χ1) is 7.78. The van der Waals surface area contributed by atoms with E-state index in [1.165, 1.54) is 19.2 Å². The summed E-state index contributed by atoms with van der Waals surface area (Å²) in [5, 5.41) is 3.42. The van der Waals surface area contributed by atoms with Gasteiger partial charge in [0.2, 0.25) is 5.88 Å². The lowest BCUT2D eigenvalue weighted by Crippen LogP contribution is -2.43. The Bertz CT molecular complexity index is 350. The maximum atomic E-state index is 5.85. The first-order valence-corrected chi connectivity index (χ1v) is 5.62. The second kappa shape index (κ2) is 4.65. The summed E-state index contributed by atoms with van der Waals surface area (Å²) in [6.07, 6.45) is 6.17. The van der Waals surface area contributed by atoms with Crippen LogP contribution in [-0.2, 0) is 0 Å². The van der Waals surface area contributed by atoms with Crippen LogP contribution in [-0.4, -0.2) is 29.2 Å². The molecule has 16 heavy (non-hydrogen) atoms. The fraction of sp³-hybridized carbons (Fsp3) is 0.636. The second-order valence-corrected chi connectivity index (χ2v) is 4.26. The van der Waals surface area contributed by atoms with E-state index in [4.69, 9.17) is 10.5 Å². The Morgan fingerprint density at radius 1 is 1.44 bits per heavy atom. The zero-order chi connectivity index (χ0) is 11.4. The number of nitrogens with two attached hydrogens (primary N) is 1. The van der Waals surface area contributed by atoms with Crippen molar-refractivity contribution in [1.29, 1.82) is 0 Å². The molecule has 0 atom stereocenters. The standard InChI is InChI=1S/C11H18N4O/c1-16-10-6-9(13-8-14-10)15-11(7-12)4-2-3-5-11/h6,8H,2-5,7,12H2,1H3,(H,13,14,15). The lowest BCUT2D eigenvalue weighted by atomic mass is 9.98. The molecule has 1 aromatic rings. The minimum atomic E-state index is 0.0133. The van der Waals surface area contributed by atoms with Crippen molar-refractivity contribution in [2.75, 3.05) is 19.0 Å². The van der Waals surface area contributed by atoms with Gasteiger partial charge in [-0.15, -0.1) is 0 Å². The van der Waals surface area contributed by atoms with Crippen LogP contribution in [0.1, 0.15) is 25.7 Å². The van der Waals surface area contributed by atoms with Crippen molar-refractivity contribution in [2.24, 2.45) is 5.73 Å². The number of ether oxygens (including phenoxy) is 1. The fourth-order valence-corrected chi connectivity index (χ4v) is 2.22. The summed E-state index contributed by atoms with van der Waals surface area (Å²) in [7, 11) is 1.60. The molecule has 0 aromatic carbocycles. The molecule has 1 aromatic heterocycles. The number of aromatic nitrogens is 2. The number of anilines is 1. The summed E-state index contributed by atoms with van der Waals surface area (Å²) >= 11 is 0. The summed E-state index contributed by atoms with van der Waals surface area (Å²) < 4.78 is 5.06. The quantitative estimate of drug-likeness (QED) is 0.800. The van der Waals surface area contributed by atoms with Crippen LogP contribution in [0.25, 0.3) is 0 Å². The normalized spacial score (nSPS) is 18.4. The molecule has 0 unspecified atom stereocenters. The lowest BCUT2D eigenvalue weighted by molar-refractivity contribution is 0.396. The molecule has 1 aliphatic rings. The third kappa shape index (κ3) is 2.24. The molecule has 0 spiro atoms. The smallest absolute Gasteiger partial charge is 0.218 e. The number of nitrogens with zero attached hydrogens (tertiary/aromatic N) is 2. The molecule has 0 bridgehead atoms. The van der Waals surface area contributed by atoms with Crippen molar-refractivity contribution >= 4 is 5.82 Å². The first-order valence-electron chi connectivity index (χ1n) is 5.62. The lowest BCUT2D eigenvalue weighted by Gasteiger charge is -2.29. The highest BCUT2D eigenvalue weighted by Gasteiger charge is 2.32. The van der Waals surface area contributed by atoms with Gasteiger partial charge in [0.1, 0.15) is 12.1 Å². The van der Waals surface area contributed by atoms with Gasteiger partial charge in [0.15, 0.2) is 0 Å². The molecule has 2 rings (SSSR count). The molecule has 5 nitrogen and oxygen atoms in total. The van der Waals surface area contributed by atoms with E-state index in [1.807, 2.05) is 0 Å². The predicted molar refractivity (Wildman–Crippen MR) is 62.5 cm³/mol. The van der Waals surface area contributed by atoms with E-state index < -0.39 is 0 Å². The number of hydrogen-bond donors (Lipinski definition) is 2. The van der Waals surface area contributed by atoms with E-state index in [9.17, 15) is 0 Å². The molecular formula is C11H18N4O. The molecule has 1 aliphatic carbocycles. The van der Waals surface area contributed by atoms with Crippen molar-refractivity contribution in [3.05, 3.63) is 12.4 Å². The molecule has 0 saturated heterocycles. The van der Waals surface area contributed by atoms with Gasteiger partial charge in [0, 0.05) is 12.6 Å². The van der Waals surface area contributed by atoms with Gasteiger partial charge in [-0.1, -0.05) is 12.8 Å². The maximum absolute atomic E-state index is 5.85. The summed E-state index contributed by atoms with van der Waals surface area (Å²) in [6.45, 7) is 0.638. The van der Waals surface area contributed by atoms with Crippen LogP contribution in [0.15, 0.2) is 12.4 Å². The average Bonchev–Trinajstić information content (AvgIpc) is 2.78. The van der Waals surface area contributed by atoms with Crippen LogP contribution >= 0.6 is 0 Å². The number of nitrogens with one attached hydrogen (secondary N) is 1. The maximum Gasteiger partial charge on any atom is 0.218 e. The van der Waals surface area contributed by atoms with E-state index in [0.29, 0.717) is 12.4 Å². The Hall–Kier alpha value is -1.36. The minimum absolute atomic E-state index is 0.0133. The average molecular weight is 222 g/mol. The van der Waals surface area contributed by atoms with Crippen LogP contribution in [0.3, 0.4) is 0 Å². The second-order valence-electron chi connectivity index (χ2n) is 4.26. The largest absolute Gasteiger partial charge is 0.481 e. The van der Waals surface area contributed by atoms with Gasteiger partial charge >= 0.3 is 0 Å². The fourth-order valence-electron chi connectivity index (χ4n) is 2.22. The van der Waals surface area contributed by atoms with E-state index in [-0.39, 0.29) is 5.54 Å². The van der Waals surface area contributed by atoms with Gasteiger partial charge in [0.25, 0.3) is 0 Å². The van der Waals surface area contributed by atoms with Gasteiger partial charge < -0.3 is 15.8 Å². The van der Waals surface area contributed by atoms with Crippen LogP contribution in [0.5, 0.6) is 5.88 Å². The number of rotatable bonds is 4. The molecule has 3 N–H and O–H groups in total. The van der Waals surface area contributed by atoms with Crippen LogP contribution < -0.4 is 15.8 Å². The van der Waals surface area contributed by atoms with Gasteiger partial charge in [-0.2, -0.15) is 0 Å². The zero-order valence-electron chi connectivity index (χ0n) is 9.57. The summed E-state index contributed by atoms with van der Waals surface area (Å²) in [6, 6.07) is 1.80. The highest BCUT2D eigenvalue weighted by atomic mass is 16.5. The van der Waals surface area contributed by atoms with Crippen molar-refractivity contribution in [1.82, 2.24) is 9.97 Å². The first kappa shape index (κ1) is 11.1. The van der Waals surface area contributed by atoms with Crippen LogP contribution in [0, 0.1) is 0 Å². The zero-order valence-corrected chi connectivity index (χ0v) is 9.57. The Balaban J connectivity index is 2.12. The van der Waals surface area contributed by atoms with E-state index in [1.54, 1.807) is 13.2 Å². The van der Waals surface area contributed by atoms with Gasteiger partial charge in [-0.05, 0) is 12.8 Å². The van der Waals surface area contributed by atoms with Crippen LogP contribution in [0.4, 0.5) is 5.82 Å². The highest BCUT2D eigenvalue weighted by molar-refractivity contribution is 5.40. The Morgan fingerprint density at radius 3 is 2.81 bits per heavy atom. The molecule has 88 valence electrons. The molecule has 5 heteroatoms. The van der Waals surface area contributed by atoms with E-state index >= 15 is 0 Å². The predicted octanol–water partition coefficient (Wildman–Crippen LogP) is 1.17. The molecule has 1 fully saturated rings. The van der Waals surface area contributed by atoms with Gasteiger partial charge in [-0.25, -0.2) is 9.97 Å². The summed E-state index contributed by atoms with van der Waals surface area (Å²) in [4.78, 5) is 8.16. The monoisotopic (exact) mass is 222 g/mol. The topological polar surface area (TPSA) is 73.1 Å². The molecule has 1 heterocycles. The van der Waals surface area contributed by atoms with Gasteiger partial charge in [-0.3, -0.25) is 0 Å². The molecule has 1 saturated carbocycles. The van der Waals surface area contributed by atoms with E-state index in [0.717, 1.165) is 18.7 Å². The summed E-state index contributed by atoms with van der Waals surface area (Å²) in [5.74, 6) is 1.36. The van der Waals surface area contributed by atoms with Crippen LogP contribution in [0.2, 0.25) is 0 Å². The molecule has 0 aliphatic heterocycles. The number of hydrogen-bond acceptors (Lipinski definition) is 5. The Labute approximate surface area is 95.4 Å². The Morgan fingerprint density at radius 2 is 2.19 bits per heavy atom. The van der Waals surface area contributed by atoms with Crippen molar-refractivity contribution in [3.8, 4) is 5.88 Å². The molecule has 0 radical (unpaired) electrons. The third-order valence-electron chi connectivity index (χ3n) is 3.20. The summed E-state index contributed by atoms with van der Waals surface area (Å²) in [5.41, 5.74) is 5.86. The Kier molecular flexibility index (Phi) is 3.24. The SMILES string of the molecule is COc1cc(NC2(CN)CCCC2)ncn1. The molecule has 0 amide bonds. The third-order valence-corrected chi connectivity index (χ3v) is 3.20. The van der Waals surface area contributed by atoms with E-state index in [2.05, 4.69) is 15.3 Å². The number of methoxy groups -OCH3 is 1. The molecular weight excluding hydrogens is 204 g/mol. The van der Waals surface area contributed by atoms with Gasteiger partial charge in [0.05, 0.1) is 12.6 Å². The van der Waals surface area contributed by atoms with Crippen molar-refractivity contribution < 1.29 is 4.74 Å².